The molecule has 0 bridgehead atoms. The van der Waals surface area contributed by atoms with Crippen LogP contribution in [0, 0.1) is 16.7 Å². The first-order valence-corrected chi connectivity index (χ1v) is 9.76. The zero-order chi connectivity index (χ0) is 19.1. The zero-order valence-corrected chi connectivity index (χ0v) is 16.3. The standard InChI is InChI=1S/C18H17Cl2N3O2S/c1-18-13(7-11(25)8-16(18)26-5-4-24)12(9-21)17(22)23(18)10-2-3-14(19)15(20)6-10/h2-3,6-7,16,22,24-25H,4-5,8H2,1H3/t16-,18+/m1/s1. The summed E-state index contributed by atoms with van der Waals surface area (Å²) in [7, 11) is 0. The summed E-state index contributed by atoms with van der Waals surface area (Å²) in [6.07, 6.45) is 1.97. The van der Waals surface area contributed by atoms with Gasteiger partial charge in [-0.2, -0.15) is 17.0 Å². The molecule has 0 spiro atoms. The third kappa shape index (κ3) is 2.89. The van der Waals surface area contributed by atoms with Crippen molar-refractivity contribution in [3.63, 3.8) is 0 Å². The van der Waals surface area contributed by atoms with Gasteiger partial charge in [0.2, 0.25) is 0 Å². The molecule has 2 aliphatic rings. The number of nitrogens with zero attached hydrogens (tertiary/aromatic N) is 2. The van der Waals surface area contributed by atoms with Crippen molar-refractivity contribution in [3.8, 4) is 6.07 Å². The largest absolute Gasteiger partial charge is 0.512 e. The number of hydrogen-bond donors (Lipinski definition) is 3. The van der Waals surface area contributed by atoms with E-state index in [0.717, 1.165) is 0 Å². The number of nitriles is 1. The fourth-order valence-corrected chi connectivity index (χ4v) is 5.07. The summed E-state index contributed by atoms with van der Waals surface area (Å²) in [6, 6.07) is 7.20. The van der Waals surface area contributed by atoms with Gasteiger partial charge in [-0.1, -0.05) is 23.2 Å². The number of benzene rings is 1. The quantitative estimate of drug-likeness (QED) is 0.688. The molecule has 3 rings (SSSR count). The van der Waals surface area contributed by atoms with E-state index in [1.54, 1.807) is 29.2 Å². The normalized spacial score (nSPS) is 25.2. The van der Waals surface area contributed by atoms with Gasteiger partial charge in [0.1, 0.15) is 17.5 Å². The lowest BCUT2D eigenvalue weighted by Crippen LogP contribution is -2.54. The number of rotatable bonds is 4. The molecule has 2 atom stereocenters. The van der Waals surface area contributed by atoms with Crippen molar-refractivity contribution in [2.75, 3.05) is 17.3 Å². The van der Waals surface area contributed by atoms with E-state index < -0.39 is 5.54 Å². The van der Waals surface area contributed by atoms with E-state index in [1.165, 1.54) is 11.8 Å². The molecule has 0 fully saturated rings. The molecular weight excluding hydrogens is 393 g/mol. The van der Waals surface area contributed by atoms with Gasteiger partial charge in [0.15, 0.2) is 0 Å². The minimum absolute atomic E-state index is 0.0100. The average Bonchev–Trinajstić information content (AvgIpc) is 2.82. The molecule has 1 aliphatic heterocycles. The maximum atomic E-state index is 10.2. The summed E-state index contributed by atoms with van der Waals surface area (Å²) < 4.78 is 0. The van der Waals surface area contributed by atoms with Crippen molar-refractivity contribution in [3.05, 3.63) is 51.2 Å². The smallest absolute Gasteiger partial charge is 0.144 e. The molecule has 0 saturated heterocycles. The highest BCUT2D eigenvalue weighted by atomic mass is 35.5. The van der Waals surface area contributed by atoms with Crippen LogP contribution in [0.15, 0.2) is 41.2 Å². The molecule has 3 N–H and O–H groups in total. The summed E-state index contributed by atoms with van der Waals surface area (Å²) in [6.45, 7) is 1.96. The van der Waals surface area contributed by atoms with Crippen LogP contribution in [0.4, 0.5) is 5.69 Å². The van der Waals surface area contributed by atoms with Crippen molar-refractivity contribution in [1.82, 2.24) is 0 Å². The van der Waals surface area contributed by atoms with Crippen LogP contribution in [0.3, 0.4) is 0 Å². The second-order valence-corrected chi connectivity index (χ2v) is 8.38. The predicted octanol–water partition coefficient (Wildman–Crippen LogP) is 4.31. The maximum absolute atomic E-state index is 10.2. The van der Waals surface area contributed by atoms with Crippen molar-refractivity contribution in [2.24, 2.45) is 0 Å². The summed E-state index contributed by atoms with van der Waals surface area (Å²) in [5.41, 5.74) is 0.750. The molecule has 1 heterocycles. The Kier molecular flexibility index (Phi) is 5.27. The summed E-state index contributed by atoms with van der Waals surface area (Å²) in [5.74, 6) is 0.721. The molecule has 136 valence electrons. The van der Waals surface area contributed by atoms with Gasteiger partial charge in [0, 0.05) is 28.7 Å². The van der Waals surface area contributed by atoms with Crippen molar-refractivity contribution in [2.45, 2.75) is 24.1 Å². The van der Waals surface area contributed by atoms with Gasteiger partial charge in [-0.25, -0.2) is 0 Å². The second-order valence-electron chi connectivity index (χ2n) is 6.25. The third-order valence-corrected chi connectivity index (χ3v) is 6.94. The molecule has 26 heavy (non-hydrogen) atoms. The summed E-state index contributed by atoms with van der Waals surface area (Å²) in [5, 5.41) is 38.2. The molecule has 0 unspecified atom stereocenters. The molecule has 1 aliphatic carbocycles. The molecule has 1 aromatic rings. The lowest BCUT2D eigenvalue weighted by Gasteiger charge is -2.45. The van der Waals surface area contributed by atoms with Crippen molar-refractivity contribution < 1.29 is 10.2 Å². The van der Waals surface area contributed by atoms with E-state index in [9.17, 15) is 15.5 Å². The number of nitrogens with one attached hydrogen (secondary N) is 1. The van der Waals surface area contributed by atoms with E-state index in [2.05, 4.69) is 6.07 Å². The third-order valence-electron chi connectivity index (χ3n) is 4.76. The van der Waals surface area contributed by atoms with Crippen LogP contribution in [0.5, 0.6) is 0 Å². The molecule has 1 aromatic carbocycles. The van der Waals surface area contributed by atoms with Gasteiger partial charge in [-0.3, -0.25) is 5.41 Å². The summed E-state index contributed by atoms with van der Waals surface area (Å²) in [4.78, 5) is 1.76. The molecule has 0 amide bonds. The van der Waals surface area contributed by atoms with Crippen LogP contribution in [-0.2, 0) is 0 Å². The number of thioether (sulfide) groups is 1. The van der Waals surface area contributed by atoms with Gasteiger partial charge in [-0.15, -0.1) is 0 Å². The second kappa shape index (κ2) is 7.16. The number of fused-ring (bicyclic) bond motifs is 1. The van der Waals surface area contributed by atoms with Gasteiger partial charge < -0.3 is 15.1 Å². The van der Waals surface area contributed by atoms with E-state index in [0.29, 0.717) is 33.5 Å². The number of allylic oxidation sites excluding steroid dienone is 1. The highest BCUT2D eigenvalue weighted by Gasteiger charge is 2.53. The van der Waals surface area contributed by atoms with Gasteiger partial charge in [-0.05, 0) is 31.2 Å². The predicted molar refractivity (Wildman–Crippen MR) is 106 cm³/mol. The molecule has 5 nitrogen and oxygen atoms in total. The Labute approximate surface area is 166 Å². The van der Waals surface area contributed by atoms with Crippen LogP contribution in [0.2, 0.25) is 10.0 Å². The van der Waals surface area contributed by atoms with Crippen LogP contribution in [-0.4, -0.2) is 39.2 Å². The first kappa shape index (κ1) is 19.1. The average molecular weight is 410 g/mol. The fourth-order valence-electron chi connectivity index (χ4n) is 3.55. The first-order valence-electron chi connectivity index (χ1n) is 7.95. The molecule has 0 saturated carbocycles. The molecular formula is C18H17Cl2N3O2S. The van der Waals surface area contributed by atoms with Gasteiger partial charge in [0.25, 0.3) is 0 Å². The topological polar surface area (TPSA) is 91.3 Å². The van der Waals surface area contributed by atoms with E-state index in [4.69, 9.17) is 28.6 Å². The van der Waals surface area contributed by atoms with Crippen LogP contribution in [0.1, 0.15) is 13.3 Å². The molecule has 0 radical (unpaired) electrons. The van der Waals surface area contributed by atoms with Gasteiger partial charge >= 0.3 is 0 Å². The monoisotopic (exact) mass is 409 g/mol. The number of amidine groups is 1. The minimum atomic E-state index is -0.731. The Morgan fingerprint density at radius 1 is 1.42 bits per heavy atom. The first-order chi connectivity index (χ1) is 12.3. The number of aliphatic hydroxyl groups is 2. The maximum Gasteiger partial charge on any atom is 0.144 e. The van der Waals surface area contributed by atoms with E-state index >= 15 is 0 Å². The van der Waals surface area contributed by atoms with Crippen LogP contribution in [0.25, 0.3) is 0 Å². The van der Waals surface area contributed by atoms with Crippen molar-refractivity contribution in [1.29, 1.82) is 10.7 Å². The van der Waals surface area contributed by atoms with Crippen LogP contribution >= 0.6 is 35.0 Å². The zero-order valence-electron chi connectivity index (χ0n) is 14.0. The van der Waals surface area contributed by atoms with Crippen molar-refractivity contribution >= 4 is 46.5 Å². The minimum Gasteiger partial charge on any atom is -0.512 e. The Bertz CT molecular complexity index is 878. The van der Waals surface area contributed by atoms with E-state index in [-0.39, 0.29) is 29.0 Å². The molecule has 8 heteroatoms. The SMILES string of the molecule is C[C@@]12C(=C(C#N)C(=N)N1c1ccc(Cl)c(Cl)c1)C=C(O)C[C@H]2SCCO. The Morgan fingerprint density at radius 2 is 2.15 bits per heavy atom. The number of anilines is 1. The number of hydrogen-bond acceptors (Lipinski definition) is 5. The highest BCUT2D eigenvalue weighted by Crippen LogP contribution is 2.50. The fraction of sp³-hybridized carbons (Fsp3) is 0.333. The van der Waals surface area contributed by atoms with Gasteiger partial charge in [0.05, 0.1) is 28.0 Å². The summed E-state index contributed by atoms with van der Waals surface area (Å²) >= 11 is 13.7. The molecule has 0 aromatic heterocycles. The lowest BCUT2D eigenvalue weighted by atomic mass is 9.81. The number of halogens is 2. The lowest BCUT2D eigenvalue weighted by molar-refractivity contribution is 0.321. The number of aliphatic hydroxyl groups excluding tert-OH is 2. The Hall–Kier alpha value is -1.65. The van der Waals surface area contributed by atoms with E-state index in [1.807, 2.05) is 6.92 Å². The van der Waals surface area contributed by atoms with Crippen LogP contribution < -0.4 is 4.90 Å². The highest BCUT2D eigenvalue weighted by molar-refractivity contribution is 8.00. The Morgan fingerprint density at radius 3 is 2.77 bits per heavy atom. The Balaban J connectivity index is 2.18.